The van der Waals surface area contributed by atoms with E-state index in [9.17, 15) is 0 Å². The minimum absolute atomic E-state index is 0.805. The smallest absolute Gasteiger partial charge is 0.203 e. The fourth-order valence-corrected chi connectivity index (χ4v) is 2.84. The Bertz CT molecular complexity index is 780. The van der Waals surface area contributed by atoms with Gasteiger partial charge >= 0.3 is 0 Å². The maximum Gasteiger partial charge on any atom is 0.203 e. The molecule has 0 unspecified atom stereocenters. The Hall–Kier alpha value is -2.63. The normalized spacial score (nSPS) is 15.1. The monoisotopic (exact) mass is 280 g/mol. The molecule has 0 saturated heterocycles. The third kappa shape index (κ3) is 1.99. The zero-order valence-electron chi connectivity index (χ0n) is 11.8. The van der Waals surface area contributed by atoms with Crippen molar-refractivity contribution in [3.63, 3.8) is 0 Å². The lowest BCUT2D eigenvalue weighted by Crippen LogP contribution is -2.30. The first-order chi connectivity index (χ1) is 10.3. The summed E-state index contributed by atoms with van der Waals surface area (Å²) in [5.41, 5.74) is 3.40. The molecule has 1 aromatic carbocycles. The first-order valence-corrected chi connectivity index (χ1v) is 7.01. The molecule has 0 radical (unpaired) electrons. The van der Waals surface area contributed by atoms with Crippen LogP contribution >= 0.6 is 0 Å². The molecule has 1 aliphatic heterocycles. The highest BCUT2D eigenvalue weighted by Crippen LogP contribution is 2.27. The number of hydrogen-bond donors (Lipinski definition) is 0. The molecule has 0 spiro atoms. The van der Waals surface area contributed by atoms with E-state index in [0.717, 1.165) is 31.1 Å². The van der Waals surface area contributed by atoms with Crippen molar-refractivity contribution in [2.75, 3.05) is 29.9 Å². The SMILES string of the molecule is CN1CCN(c2nccn3cnnc23)Cc2ccccc21. The summed E-state index contributed by atoms with van der Waals surface area (Å²) in [6.45, 7) is 2.69. The minimum Gasteiger partial charge on any atom is -0.373 e. The minimum atomic E-state index is 0.805. The van der Waals surface area contributed by atoms with E-state index in [-0.39, 0.29) is 0 Å². The van der Waals surface area contributed by atoms with Crippen LogP contribution in [0.4, 0.5) is 11.5 Å². The molecule has 1 aliphatic rings. The van der Waals surface area contributed by atoms with Gasteiger partial charge < -0.3 is 9.80 Å². The summed E-state index contributed by atoms with van der Waals surface area (Å²) in [6, 6.07) is 8.52. The molecular weight excluding hydrogens is 264 g/mol. The third-order valence-electron chi connectivity index (χ3n) is 3.97. The summed E-state index contributed by atoms with van der Waals surface area (Å²) in [5.74, 6) is 0.889. The van der Waals surface area contributed by atoms with Crippen molar-refractivity contribution in [3.05, 3.63) is 48.5 Å². The number of hydrogen-bond acceptors (Lipinski definition) is 5. The van der Waals surface area contributed by atoms with Gasteiger partial charge in [-0.3, -0.25) is 4.40 Å². The van der Waals surface area contributed by atoms with Crippen LogP contribution in [0.1, 0.15) is 5.56 Å². The molecule has 4 rings (SSSR count). The van der Waals surface area contributed by atoms with Gasteiger partial charge in [0.25, 0.3) is 0 Å². The van der Waals surface area contributed by atoms with Gasteiger partial charge in [-0.15, -0.1) is 10.2 Å². The Morgan fingerprint density at radius 2 is 2.05 bits per heavy atom. The van der Waals surface area contributed by atoms with Crippen molar-refractivity contribution in [2.45, 2.75) is 6.54 Å². The molecule has 6 heteroatoms. The van der Waals surface area contributed by atoms with Gasteiger partial charge in [0.2, 0.25) is 5.65 Å². The molecule has 6 nitrogen and oxygen atoms in total. The molecule has 2 aromatic heterocycles. The van der Waals surface area contributed by atoms with Gasteiger partial charge in [-0.1, -0.05) is 18.2 Å². The second-order valence-corrected chi connectivity index (χ2v) is 5.28. The Balaban J connectivity index is 1.79. The van der Waals surface area contributed by atoms with Crippen LogP contribution in [0.5, 0.6) is 0 Å². The van der Waals surface area contributed by atoms with Crippen molar-refractivity contribution in [1.82, 2.24) is 19.6 Å². The van der Waals surface area contributed by atoms with Gasteiger partial charge in [0.1, 0.15) is 6.33 Å². The lowest BCUT2D eigenvalue weighted by Gasteiger charge is -2.21. The van der Waals surface area contributed by atoms with E-state index in [1.165, 1.54) is 11.3 Å². The van der Waals surface area contributed by atoms with E-state index >= 15 is 0 Å². The second kappa shape index (κ2) is 4.73. The topological polar surface area (TPSA) is 49.6 Å². The number of nitrogens with zero attached hydrogens (tertiary/aromatic N) is 6. The molecule has 21 heavy (non-hydrogen) atoms. The number of aromatic nitrogens is 4. The van der Waals surface area contributed by atoms with Crippen molar-refractivity contribution in [2.24, 2.45) is 0 Å². The molecular formula is C15H16N6. The molecule has 0 amide bonds. The van der Waals surface area contributed by atoms with Crippen LogP contribution in [-0.4, -0.2) is 39.7 Å². The highest BCUT2D eigenvalue weighted by molar-refractivity contribution is 5.65. The third-order valence-corrected chi connectivity index (χ3v) is 3.97. The Morgan fingerprint density at radius 3 is 3.00 bits per heavy atom. The van der Waals surface area contributed by atoms with Crippen molar-refractivity contribution >= 4 is 17.2 Å². The molecule has 0 fully saturated rings. The summed E-state index contributed by atoms with van der Waals surface area (Å²) in [5, 5.41) is 8.17. The molecule has 0 atom stereocenters. The number of fused-ring (bicyclic) bond motifs is 2. The molecule has 0 bridgehead atoms. The van der Waals surface area contributed by atoms with Crippen LogP contribution in [0.3, 0.4) is 0 Å². The zero-order valence-corrected chi connectivity index (χ0v) is 11.8. The average Bonchev–Trinajstić information content (AvgIpc) is 2.93. The fraction of sp³-hybridized carbons (Fsp3) is 0.267. The predicted molar refractivity (Wildman–Crippen MR) is 81.5 cm³/mol. The molecule has 0 saturated carbocycles. The van der Waals surface area contributed by atoms with Gasteiger partial charge in [0.05, 0.1) is 0 Å². The molecule has 0 N–H and O–H groups in total. The second-order valence-electron chi connectivity index (χ2n) is 5.28. The maximum atomic E-state index is 4.53. The lowest BCUT2D eigenvalue weighted by molar-refractivity contribution is 0.783. The number of likely N-dealkylation sites (N-methyl/N-ethyl adjacent to an activating group) is 1. The van der Waals surface area contributed by atoms with Crippen LogP contribution in [0, 0.1) is 0 Å². The van der Waals surface area contributed by atoms with Crippen LogP contribution in [0.25, 0.3) is 5.65 Å². The van der Waals surface area contributed by atoms with Crippen molar-refractivity contribution < 1.29 is 0 Å². The number of benzene rings is 1. The van der Waals surface area contributed by atoms with Gasteiger partial charge in [0, 0.05) is 44.8 Å². The summed E-state index contributed by atoms with van der Waals surface area (Å²) in [6.07, 6.45) is 5.38. The van der Waals surface area contributed by atoms with Crippen LogP contribution < -0.4 is 9.80 Å². The Morgan fingerprint density at radius 1 is 1.14 bits per heavy atom. The van der Waals surface area contributed by atoms with E-state index in [1.54, 1.807) is 12.5 Å². The van der Waals surface area contributed by atoms with Gasteiger partial charge in [-0.05, 0) is 11.6 Å². The molecule has 0 aliphatic carbocycles. The summed E-state index contributed by atoms with van der Waals surface area (Å²) >= 11 is 0. The Labute approximate surface area is 122 Å². The first kappa shape index (κ1) is 12.1. The standard InChI is InChI=1S/C15H16N6/c1-19-8-9-20(10-12-4-2-3-5-13(12)19)14-15-18-17-11-21(15)7-6-16-14/h2-7,11H,8-10H2,1H3. The zero-order chi connectivity index (χ0) is 14.2. The number of rotatable bonds is 1. The quantitative estimate of drug-likeness (QED) is 0.677. The van der Waals surface area contributed by atoms with Crippen LogP contribution in [0.2, 0.25) is 0 Å². The Kier molecular flexibility index (Phi) is 2.73. The molecule has 3 heterocycles. The highest BCUT2D eigenvalue weighted by Gasteiger charge is 2.20. The summed E-state index contributed by atoms with van der Waals surface area (Å²) < 4.78 is 1.91. The van der Waals surface area contributed by atoms with E-state index < -0.39 is 0 Å². The van der Waals surface area contributed by atoms with Crippen LogP contribution in [0.15, 0.2) is 43.0 Å². The summed E-state index contributed by atoms with van der Waals surface area (Å²) in [4.78, 5) is 9.09. The lowest BCUT2D eigenvalue weighted by atomic mass is 10.1. The van der Waals surface area contributed by atoms with Gasteiger partial charge in [-0.25, -0.2) is 4.98 Å². The first-order valence-electron chi connectivity index (χ1n) is 7.01. The predicted octanol–water partition coefficient (Wildman–Crippen LogP) is 1.58. The van der Waals surface area contributed by atoms with E-state index in [4.69, 9.17) is 0 Å². The van der Waals surface area contributed by atoms with Gasteiger partial charge in [0.15, 0.2) is 5.82 Å². The van der Waals surface area contributed by atoms with E-state index in [2.05, 4.69) is 56.3 Å². The van der Waals surface area contributed by atoms with E-state index in [1.807, 2.05) is 10.6 Å². The maximum absolute atomic E-state index is 4.53. The van der Waals surface area contributed by atoms with Crippen LogP contribution in [-0.2, 0) is 6.54 Å². The molecule has 3 aromatic rings. The van der Waals surface area contributed by atoms with E-state index in [0.29, 0.717) is 0 Å². The summed E-state index contributed by atoms with van der Waals surface area (Å²) in [7, 11) is 2.13. The van der Waals surface area contributed by atoms with Crippen molar-refractivity contribution in [3.8, 4) is 0 Å². The number of para-hydroxylation sites is 1. The molecule has 106 valence electrons. The fourth-order valence-electron chi connectivity index (χ4n) is 2.84. The van der Waals surface area contributed by atoms with Gasteiger partial charge in [-0.2, -0.15) is 0 Å². The highest BCUT2D eigenvalue weighted by atomic mass is 15.3. The largest absolute Gasteiger partial charge is 0.373 e. The van der Waals surface area contributed by atoms with Crippen molar-refractivity contribution in [1.29, 1.82) is 0 Å². The number of anilines is 2. The average molecular weight is 280 g/mol.